The number of hydrogen-bond acceptors (Lipinski definition) is 3. The number of para-hydroxylation sites is 1. The van der Waals surface area contributed by atoms with E-state index in [0.29, 0.717) is 34.4 Å². The summed E-state index contributed by atoms with van der Waals surface area (Å²) in [7, 11) is 0. The van der Waals surface area contributed by atoms with Crippen LogP contribution in [-0.2, 0) is 0 Å². The summed E-state index contributed by atoms with van der Waals surface area (Å²) >= 11 is 6.13. The van der Waals surface area contributed by atoms with Gasteiger partial charge in [-0.2, -0.15) is 0 Å². The van der Waals surface area contributed by atoms with Gasteiger partial charge in [0.25, 0.3) is 5.91 Å². The topological polar surface area (TPSA) is 47.6 Å². The Morgan fingerprint density at radius 3 is 2.31 bits per heavy atom. The number of amides is 1. The van der Waals surface area contributed by atoms with E-state index < -0.39 is 0 Å². The Kier molecular flexibility index (Phi) is 5.77. The van der Waals surface area contributed by atoms with Gasteiger partial charge in [-0.05, 0) is 61.5 Å². The molecule has 5 heteroatoms. The van der Waals surface area contributed by atoms with E-state index in [1.807, 2.05) is 37.3 Å². The molecule has 0 bridgehead atoms. The summed E-state index contributed by atoms with van der Waals surface area (Å²) in [5.41, 5.74) is 1.13. The van der Waals surface area contributed by atoms with E-state index >= 15 is 0 Å². The SMILES string of the molecule is CCOc1ccc(C(=O)Nc2ccc(Oc3ccccc3)cc2)cc1Cl. The van der Waals surface area contributed by atoms with Crippen LogP contribution in [0.4, 0.5) is 5.69 Å². The number of nitrogens with one attached hydrogen (secondary N) is 1. The Morgan fingerprint density at radius 1 is 0.962 bits per heavy atom. The fraction of sp³-hybridized carbons (Fsp3) is 0.0952. The Bertz CT molecular complexity index is 880. The Balaban J connectivity index is 1.65. The number of carbonyl (C=O) groups excluding carboxylic acids is 1. The predicted molar refractivity (Wildman–Crippen MR) is 104 cm³/mol. The van der Waals surface area contributed by atoms with Gasteiger partial charge in [-0.1, -0.05) is 29.8 Å². The van der Waals surface area contributed by atoms with Gasteiger partial charge in [0, 0.05) is 11.3 Å². The van der Waals surface area contributed by atoms with E-state index in [1.165, 1.54) is 0 Å². The first-order chi connectivity index (χ1) is 12.7. The predicted octanol–water partition coefficient (Wildman–Crippen LogP) is 5.78. The minimum absolute atomic E-state index is 0.244. The third-order valence-electron chi connectivity index (χ3n) is 3.59. The summed E-state index contributed by atoms with van der Waals surface area (Å²) in [5.74, 6) is 1.77. The van der Waals surface area contributed by atoms with Gasteiger partial charge in [0.15, 0.2) is 0 Å². The summed E-state index contributed by atoms with van der Waals surface area (Å²) in [4.78, 5) is 12.4. The summed E-state index contributed by atoms with van der Waals surface area (Å²) in [6.07, 6.45) is 0. The number of halogens is 1. The fourth-order valence-electron chi connectivity index (χ4n) is 2.35. The lowest BCUT2D eigenvalue weighted by Crippen LogP contribution is -2.11. The third-order valence-corrected chi connectivity index (χ3v) is 3.88. The van der Waals surface area contributed by atoms with Crippen molar-refractivity contribution in [3.63, 3.8) is 0 Å². The maximum Gasteiger partial charge on any atom is 0.255 e. The van der Waals surface area contributed by atoms with Crippen LogP contribution in [0.5, 0.6) is 17.2 Å². The maximum absolute atomic E-state index is 12.4. The normalized spacial score (nSPS) is 10.2. The van der Waals surface area contributed by atoms with Crippen molar-refractivity contribution in [2.24, 2.45) is 0 Å². The van der Waals surface area contributed by atoms with Crippen LogP contribution in [0.15, 0.2) is 72.8 Å². The lowest BCUT2D eigenvalue weighted by atomic mass is 10.2. The zero-order valence-electron chi connectivity index (χ0n) is 14.2. The highest BCUT2D eigenvalue weighted by Crippen LogP contribution is 2.26. The van der Waals surface area contributed by atoms with E-state index in [-0.39, 0.29) is 5.91 Å². The molecule has 0 saturated heterocycles. The highest BCUT2D eigenvalue weighted by atomic mass is 35.5. The van der Waals surface area contributed by atoms with Crippen molar-refractivity contribution in [3.05, 3.63) is 83.4 Å². The highest BCUT2D eigenvalue weighted by Gasteiger charge is 2.10. The number of anilines is 1. The standard InChI is InChI=1S/C21H18ClNO3/c1-2-25-20-13-8-15(14-19(20)22)21(24)23-16-9-11-18(12-10-16)26-17-6-4-3-5-7-17/h3-14H,2H2,1H3,(H,23,24). The summed E-state index contributed by atoms with van der Waals surface area (Å²) < 4.78 is 11.1. The van der Waals surface area contributed by atoms with Crippen LogP contribution >= 0.6 is 11.6 Å². The summed E-state index contributed by atoms with van der Waals surface area (Å²) in [6.45, 7) is 2.39. The zero-order valence-corrected chi connectivity index (χ0v) is 15.0. The second kappa shape index (κ2) is 8.41. The quantitative estimate of drug-likeness (QED) is 0.600. The molecule has 4 nitrogen and oxygen atoms in total. The minimum atomic E-state index is -0.244. The molecular weight excluding hydrogens is 350 g/mol. The molecule has 26 heavy (non-hydrogen) atoms. The number of rotatable bonds is 6. The number of benzene rings is 3. The largest absolute Gasteiger partial charge is 0.492 e. The molecule has 3 aromatic rings. The van der Waals surface area contributed by atoms with Crippen molar-refractivity contribution in [1.29, 1.82) is 0 Å². The molecule has 1 amide bonds. The molecule has 0 heterocycles. The van der Waals surface area contributed by atoms with E-state index in [1.54, 1.807) is 42.5 Å². The van der Waals surface area contributed by atoms with Gasteiger partial charge in [-0.25, -0.2) is 0 Å². The molecule has 0 radical (unpaired) electrons. The van der Waals surface area contributed by atoms with Gasteiger partial charge in [-0.15, -0.1) is 0 Å². The monoisotopic (exact) mass is 367 g/mol. The van der Waals surface area contributed by atoms with Crippen LogP contribution in [0.25, 0.3) is 0 Å². The van der Waals surface area contributed by atoms with Crippen LogP contribution in [0.1, 0.15) is 17.3 Å². The van der Waals surface area contributed by atoms with Crippen LogP contribution in [0.2, 0.25) is 5.02 Å². The first-order valence-corrected chi connectivity index (χ1v) is 8.60. The number of carbonyl (C=O) groups is 1. The van der Waals surface area contributed by atoms with Gasteiger partial charge < -0.3 is 14.8 Å². The van der Waals surface area contributed by atoms with Crippen molar-refractivity contribution in [2.75, 3.05) is 11.9 Å². The number of ether oxygens (including phenoxy) is 2. The Morgan fingerprint density at radius 2 is 1.65 bits per heavy atom. The smallest absolute Gasteiger partial charge is 0.255 e. The molecule has 3 rings (SSSR count). The van der Waals surface area contributed by atoms with Gasteiger partial charge in [-0.3, -0.25) is 4.79 Å². The minimum Gasteiger partial charge on any atom is -0.492 e. The van der Waals surface area contributed by atoms with Crippen molar-refractivity contribution in [3.8, 4) is 17.2 Å². The van der Waals surface area contributed by atoms with E-state index in [9.17, 15) is 4.79 Å². The molecule has 0 atom stereocenters. The first-order valence-electron chi connectivity index (χ1n) is 8.22. The van der Waals surface area contributed by atoms with Crippen molar-refractivity contribution < 1.29 is 14.3 Å². The lowest BCUT2D eigenvalue weighted by molar-refractivity contribution is 0.102. The summed E-state index contributed by atoms with van der Waals surface area (Å²) in [5, 5.41) is 3.24. The molecule has 0 aliphatic rings. The average Bonchev–Trinajstić information content (AvgIpc) is 2.66. The molecule has 0 saturated carbocycles. The molecule has 0 aromatic heterocycles. The van der Waals surface area contributed by atoms with Crippen molar-refractivity contribution in [2.45, 2.75) is 6.92 Å². The second-order valence-corrected chi connectivity index (χ2v) is 5.88. The van der Waals surface area contributed by atoms with Crippen LogP contribution in [-0.4, -0.2) is 12.5 Å². The van der Waals surface area contributed by atoms with E-state index in [2.05, 4.69) is 5.32 Å². The van der Waals surface area contributed by atoms with Crippen molar-refractivity contribution in [1.82, 2.24) is 0 Å². The molecule has 1 N–H and O–H groups in total. The molecule has 132 valence electrons. The van der Waals surface area contributed by atoms with Crippen molar-refractivity contribution >= 4 is 23.2 Å². The van der Waals surface area contributed by atoms with Crippen LogP contribution < -0.4 is 14.8 Å². The fourth-order valence-corrected chi connectivity index (χ4v) is 2.58. The first kappa shape index (κ1) is 17.8. The van der Waals surface area contributed by atoms with E-state index in [4.69, 9.17) is 21.1 Å². The summed E-state index contributed by atoms with van der Waals surface area (Å²) in [6, 6.07) is 21.6. The molecule has 0 spiro atoms. The molecule has 0 aliphatic heterocycles. The average molecular weight is 368 g/mol. The van der Waals surface area contributed by atoms with Gasteiger partial charge >= 0.3 is 0 Å². The van der Waals surface area contributed by atoms with E-state index in [0.717, 1.165) is 5.75 Å². The van der Waals surface area contributed by atoms with Gasteiger partial charge in [0.05, 0.1) is 11.6 Å². The van der Waals surface area contributed by atoms with Crippen LogP contribution in [0, 0.1) is 0 Å². The zero-order chi connectivity index (χ0) is 18.4. The van der Waals surface area contributed by atoms with Gasteiger partial charge in [0.1, 0.15) is 17.2 Å². The number of hydrogen-bond donors (Lipinski definition) is 1. The Labute approximate surface area is 157 Å². The maximum atomic E-state index is 12.4. The highest BCUT2D eigenvalue weighted by molar-refractivity contribution is 6.32. The van der Waals surface area contributed by atoms with Crippen LogP contribution in [0.3, 0.4) is 0 Å². The molecule has 0 aliphatic carbocycles. The second-order valence-electron chi connectivity index (χ2n) is 5.47. The Hall–Kier alpha value is -2.98. The molecule has 3 aromatic carbocycles. The molecular formula is C21H18ClNO3. The van der Waals surface area contributed by atoms with Gasteiger partial charge in [0.2, 0.25) is 0 Å². The molecule has 0 fully saturated rings. The third kappa shape index (κ3) is 4.55. The lowest BCUT2D eigenvalue weighted by Gasteiger charge is -2.10. The molecule has 0 unspecified atom stereocenters.